The molecule has 0 aliphatic carbocycles. The molecule has 7 heteroatoms. The lowest BCUT2D eigenvalue weighted by Crippen LogP contribution is -2.35. The van der Waals surface area contributed by atoms with Crippen LogP contribution < -0.4 is 9.47 Å². The smallest absolute Gasteiger partial charge is 0.295 e. The molecule has 2 aromatic carbocycles. The predicted octanol–water partition coefficient (Wildman–Crippen LogP) is 4.02. The number of hydrogen-bond acceptors (Lipinski definition) is 6. The molecule has 2 aromatic rings. The van der Waals surface area contributed by atoms with Crippen LogP contribution in [0.4, 0.5) is 0 Å². The summed E-state index contributed by atoms with van der Waals surface area (Å²) in [7, 11) is 3.81. The van der Waals surface area contributed by atoms with Crippen molar-refractivity contribution < 1.29 is 24.2 Å². The van der Waals surface area contributed by atoms with Gasteiger partial charge in [-0.2, -0.15) is 0 Å². The summed E-state index contributed by atoms with van der Waals surface area (Å²) in [6.07, 6.45) is 2.53. The fourth-order valence-electron chi connectivity index (χ4n) is 3.75. The Morgan fingerprint density at radius 1 is 1.06 bits per heavy atom. The van der Waals surface area contributed by atoms with E-state index in [4.69, 9.17) is 9.47 Å². The minimum Gasteiger partial charge on any atom is -0.507 e. The van der Waals surface area contributed by atoms with Crippen LogP contribution in [0.5, 0.6) is 11.5 Å². The molecule has 180 valence electrons. The molecule has 1 saturated heterocycles. The molecular formula is C27H32N2O5. The number of benzene rings is 2. The summed E-state index contributed by atoms with van der Waals surface area (Å²) < 4.78 is 11.2. The van der Waals surface area contributed by atoms with E-state index < -0.39 is 17.7 Å². The van der Waals surface area contributed by atoms with Crippen molar-refractivity contribution in [3.05, 3.63) is 77.9 Å². The van der Waals surface area contributed by atoms with E-state index in [0.29, 0.717) is 43.4 Å². The number of aliphatic hydroxyl groups excluding tert-OH is 1. The second-order valence-electron chi connectivity index (χ2n) is 8.34. The van der Waals surface area contributed by atoms with Gasteiger partial charge in [0.05, 0.1) is 18.2 Å². The number of ether oxygens (including phenoxy) is 2. The number of rotatable bonds is 11. The van der Waals surface area contributed by atoms with Gasteiger partial charge in [0.15, 0.2) is 0 Å². The molecule has 0 bridgehead atoms. The summed E-state index contributed by atoms with van der Waals surface area (Å²) >= 11 is 0. The van der Waals surface area contributed by atoms with Gasteiger partial charge in [0.25, 0.3) is 11.7 Å². The number of nitrogens with zero attached hydrogens (tertiary/aromatic N) is 2. The summed E-state index contributed by atoms with van der Waals surface area (Å²) in [4.78, 5) is 29.5. The summed E-state index contributed by atoms with van der Waals surface area (Å²) in [5, 5.41) is 11.2. The summed E-state index contributed by atoms with van der Waals surface area (Å²) in [5.41, 5.74) is 1.24. The van der Waals surface area contributed by atoms with E-state index in [-0.39, 0.29) is 11.3 Å². The molecule has 0 radical (unpaired) electrons. The highest BCUT2D eigenvalue weighted by atomic mass is 16.5. The lowest BCUT2D eigenvalue weighted by Gasteiger charge is -2.26. The molecule has 1 heterocycles. The van der Waals surface area contributed by atoms with Gasteiger partial charge in [0.2, 0.25) is 0 Å². The van der Waals surface area contributed by atoms with Crippen molar-refractivity contribution in [3.63, 3.8) is 0 Å². The van der Waals surface area contributed by atoms with Gasteiger partial charge < -0.3 is 24.4 Å². The molecule has 3 rings (SSSR count). The van der Waals surface area contributed by atoms with Gasteiger partial charge >= 0.3 is 0 Å². The lowest BCUT2D eigenvalue weighted by atomic mass is 9.95. The third kappa shape index (κ3) is 5.66. The van der Waals surface area contributed by atoms with Crippen molar-refractivity contribution in [2.45, 2.75) is 19.4 Å². The number of ketones is 1. The Kier molecular flexibility index (Phi) is 8.49. The Morgan fingerprint density at radius 2 is 1.68 bits per heavy atom. The zero-order valence-corrected chi connectivity index (χ0v) is 20.0. The minimum atomic E-state index is -0.697. The van der Waals surface area contributed by atoms with E-state index >= 15 is 0 Å². The highest BCUT2D eigenvalue weighted by Gasteiger charge is 2.45. The number of Topliss-reactive ketones (excluding diaryl/α,β-unsaturated/α-hetero) is 1. The van der Waals surface area contributed by atoms with E-state index in [1.807, 2.05) is 50.2 Å². The number of aliphatic hydroxyl groups is 1. The number of hydrogen-bond donors (Lipinski definition) is 1. The van der Waals surface area contributed by atoms with Crippen LogP contribution in [0, 0.1) is 0 Å². The average Bonchev–Trinajstić information content (AvgIpc) is 3.10. The topological polar surface area (TPSA) is 79.3 Å². The van der Waals surface area contributed by atoms with Crippen LogP contribution in [0.25, 0.3) is 5.76 Å². The van der Waals surface area contributed by atoms with Crippen molar-refractivity contribution in [1.82, 2.24) is 9.80 Å². The van der Waals surface area contributed by atoms with Crippen LogP contribution in [0.15, 0.2) is 66.8 Å². The molecule has 1 atom stereocenters. The molecule has 1 amide bonds. The monoisotopic (exact) mass is 464 g/mol. The first-order chi connectivity index (χ1) is 16.4. The van der Waals surface area contributed by atoms with Crippen molar-refractivity contribution >= 4 is 17.4 Å². The first-order valence-electron chi connectivity index (χ1n) is 11.4. The fraction of sp³-hybridized carbons (Fsp3) is 0.333. The summed E-state index contributed by atoms with van der Waals surface area (Å²) in [6, 6.07) is 13.4. The highest BCUT2D eigenvalue weighted by molar-refractivity contribution is 6.46. The van der Waals surface area contributed by atoms with E-state index in [1.165, 1.54) is 4.90 Å². The maximum atomic E-state index is 13.1. The second kappa shape index (κ2) is 11.5. The molecule has 7 nitrogen and oxygen atoms in total. The van der Waals surface area contributed by atoms with Crippen molar-refractivity contribution in [3.8, 4) is 11.5 Å². The van der Waals surface area contributed by atoms with Crippen LogP contribution >= 0.6 is 0 Å². The molecule has 0 unspecified atom stereocenters. The highest BCUT2D eigenvalue weighted by Crippen LogP contribution is 2.39. The van der Waals surface area contributed by atoms with Crippen LogP contribution in [-0.2, 0) is 9.59 Å². The second-order valence-corrected chi connectivity index (χ2v) is 8.34. The number of carbonyl (C=O) groups is 2. The molecule has 1 fully saturated rings. The van der Waals surface area contributed by atoms with Crippen LogP contribution in [0.3, 0.4) is 0 Å². The van der Waals surface area contributed by atoms with Gasteiger partial charge in [-0.25, -0.2) is 0 Å². The van der Waals surface area contributed by atoms with Gasteiger partial charge in [-0.3, -0.25) is 9.59 Å². The molecule has 1 aliphatic rings. The standard InChI is InChI=1S/C27H32N2O5/c1-5-17-33-21-11-7-19(8-12-21)24-23(26(31)27(32)29(24)16-15-28(3)4)25(30)20-9-13-22(14-10-20)34-18-6-2/h6-14,24,30H,2,5,15-18H2,1,3-4H3/b25-23+/t24-/m0/s1. The number of amides is 1. The van der Waals surface area contributed by atoms with Crippen molar-refractivity contribution in [2.75, 3.05) is 40.4 Å². The Hall–Kier alpha value is -3.58. The Bertz CT molecular complexity index is 1040. The fourth-order valence-corrected chi connectivity index (χ4v) is 3.75. The van der Waals surface area contributed by atoms with E-state index in [2.05, 4.69) is 6.58 Å². The van der Waals surface area contributed by atoms with E-state index in [0.717, 1.165) is 12.0 Å². The van der Waals surface area contributed by atoms with Crippen LogP contribution in [0.2, 0.25) is 0 Å². The maximum absolute atomic E-state index is 13.1. The van der Waals surface area contributed by atoms with Crippen LogP contribution in [0.1, 0.15) is 30.5 Å². The average molecular weight is 465 g/mol. The first-order valence-corrected chi connectivity index (χ1v) is 11.4. The van der Waals surface area contributed by atoms with Crippen molar-refractivity contribution in [1.29, 1.82) is 0 Å². The molecule has 34 heavy (non-hydrogen) atoms. The molecule has 0 spiro atoms. The summed E-state index contributed by atoms with van der Waals surface area (Å²) in [6.45, 7) is 7.55. The Labute approximate surface area is 200 Å². The zero-order valence-electron chi connectivity index (χ0n) is 20.0. The lowest BCUT2D eigenvalue weighted by molar-refractivity contribution is -0.140. The number of likely N-dealkylation sites (tertiary alicyclic amines) is 1. The zero-order chi connectivity index (χ0) is 24.7. The SMILES string of the molecule is C=CCOc1ccc(/C(O)=C2\C(=O)C(=O)N(CCN(C)C)[C@H]2c2ccc(OCCC)cc2)cc1. The quantitative estimate of drug-likeness (QED) is 0.234. The first kappa shape index (κ1) is 25.1. The van der Waals surface area contributed by atoms with Gasteiger partial charge in [-0.05, 0) is 62.5 Å². The van der Waals surface area contributed by atoms with Gasteiger partial charge in [-0.1, -0.05) is 31.7 Å². The minimum absolute atomic E-state index is 0.0748. The summed E-state index contributed by atoms with van der Waals surface area (Å²) in [5.74, 6) is -0.199. The third-order valence-electron chi connectivity index (χ3n) is 5.49. The Balaban J connectivity index is 2.02. The van der Waals surface area contributed by atoms with Crippen LogP contribution in [-0.4, -0.2) is 67.0 Å². The predicted molar refractivity (Wildman–Crippen MR) is 132 cm³/mol. The normalized spacial score (nSPS) is 17.3. The molecule has 0 aromatic heterocycles. The Morgan fingerprint density at radius 3 is 2.26 bits per heavy atom. The van der Waals surface area contributed by atoms with Gasteiger partial charge in [0, 0.05) is 18.7 Å². The van der Waals surface area contributed by atoms with E-state index in [1.54, 1.807) is 30.3 Å². The van der Waals surface area contributed by atoms with E-state index in [9.17, 15) is 14.7 Å². The number of likely N-dealkylation sites (N-methyl/N-ethyl adjacent to an activating group) is 1. The molecule has 1 aliphatic heterocycles. The van der Waals surface area contributed by atoms with Gasteiger partial charge in [-0.15, -0.1) is 0 Å². The third-order valence-corrected chi connectivity index (χ3v) is 5.49. The molecule has 0 saturated carbocycles. The largest absolute Gasteiger partial charge is 0.507 e. The van der Waals surface area contributed by atoms with Gasteiger partial charge in [0.1, 0.15) is 23.9 Å². The number of carbonyl (C=O) groups excluding carboxylic acids is 2. The van der Waals surface area contributed by atoms with Crippen molar-refractivity contribution in [2.24, 2.45) is 0 Å². The molecular weight excluding hydrogens is 432 g/mol. The molecule has 1 N–H and O–H groups in total. The maximum Gasteiger partial charge on any atom is 0.295 e.